The minimum Gasteiger partial charge on any atom is -0.493 e. The van der Waals surface area contributed by atoms with E-state index in [1.54, 1.807) is 7.11 Å². The van der Waals surface area contributed by atoms with E-state index in [2.05, 4.69) is 31.4 Å². The van der Waals surface area contributed by atoms with Crippen molar-refractivity contribution >= 4 is 21.6 Å². The first-order valence-electron chi connectivity index (χ1n) is 7.94. The van der Waals surface area contributed by atoms with E-state index in [9.17, 15) is 4.79 Å². The van der Waals surface area contributed by atoms with Gasteiger partial charge in [-0.1, -0.05) is 6.07 Å². The van der Waals surface area contributed by atoms with Gasteiger partial charge in [-0.3, -0.25) is 4.79 Å². The SMILES string of the molecule is CCOc1cc(CNc2c(OC(C)C)n[nH]c(=O)c2Br)ccc1OC. The molecule has 0 fully saturated rings. The predicted octanol–water partition coefficient (Wildman–Crippen LogP) is 3.34. The standard InChI is InChI=1S/C17H22BrN3O4/c1-5-24-13-8-11(6-7-12(13)23-4)9-19-15-14(18)16(22)20-21-17(15)25-10(2)3/h6-8,10H,5,9H2,1-4H3,(H2,19,20,22). The van der Waals surface area contributed by atoms with Crippen LogP contribution in [0.3, 0.4) is 0 Å². The van der Waals surface area contributed by atoms with Crippen LogP contribution in [0.1, 0.15) is 26.3 Å². The summed E-state index contributed by atoms with van der Waals surface area (Å²) >= 11 is 3.29. The van der Waals surface area contributed by atoms with Crippen molar-refractivity contribution < 1.29 is 14.2 Å². The summed E-state index contributed by atoms with van der Waals surface area (Å²) in [5.41, 5.74) is 1.14. The predicted molar refractivity (Wildman–Crippen MR) is 99.8 cm³/mol. The highest BCUT2D eigenvalue weighted by Crippen LogP contribution is 2.31. The number of halogens is 1. The van der Waals surface area contributed by atoms with Gasteiger partial charge in [0.25, 0.3) is 11.4 Å². The lowest BCUT2D eigenvalue weighted by molar-refractivity contribution is 0.231. The Hall–Kier alpha value is -2.22. The summed E-state index contributed by atoms with van der Waals surface area (Å²) in [6.07, 6.45) is -0.0728. The smallest absolute Gasteiger partial charge is 0.280 e. The number of aromatic nitrogens is 2. The molecule has 2 rings (SSSR count). The van der Waals surface area contributed by atoms with Crippen molar-refractivity contribution in [2.24, 2.45) is 0 Å². The number of nitrogens with zero attached hydrogens (tertiary/aromatic N) is 1. The lowest BCUT2D eigenvalue weighted by atomic mass is 10.2. The summed E-state index contributed by atoms with van der Waals surface area (Å²) < 4.78 is 16.9. The van der Waals surface area contributed by atoms with E-state index >= 15 is 0 Å². The van der Waals surface area contributed by atoms with E-state index in [0.717, 1.165) is 5.56 Å². The Kier molecular flexibility index (Phi) is 6.69. The van der Waals surface area contributed by atoms with E-state index in [-0.39, 0.29) is 11.7 Å². The molecule has 0 aliphatic heterocycles. The maximum Gasteiger partial charge on any atom is 0.280 e. The Morgan fingerprint density at radius 1 is 1.32 bits per heavy atom. The maximum atomic E-state index is 11.8. The van der Waals surface area contributed by atoms with E-state index in [0.29, 0.717) is 40.7 Å². The van der Waals surface area contributed by atoms with E-state index in [4.69, 9.17) is 14.2 Å². The van der Waals surface area contributed by atoms with Gasteiger partial charge in [0.2, 0.25) is 0 Å². The average molecular weight is 412 g/mol. The Morgan fingerprint density at radius 3 is 2.72 bits per heavy atom. The molecule has 0 radical (unpaired) electrons. The van der Waals surface area contributed by atoms with Crippen LogP contribution in [0.2, 0.25) is 0 Å². The fourth-order valence-electron chi connectivity index (χ4n) is 2.17. The molecule has 0 saturated heterocycles. The molecular formula is C17H22BrN3O4. The molecule has 0 atom stereocenters. The number of anilines is 1. The number of benzene rings is 1. The third kappa shape index (κ3) is 4.88. The van der Waals surface area contributed by atoms with Gasteiger partial charge in [-0.15, -0.1) is 5.10 Å². The van der Waals surface area contributed by atoms with Crippen LogP contribution in [-0.4, -0.2) is 30.0 Å². The van der Waals surface area contributed by atoms with Crippen LogP contribution in [-0.2, 0) is 6.54 Å². The highest BCUT2D eigenvalue weighted by Gasteiger charge is 2.15. The van der Waals surface area contributed by atoms with Crippen molar-refractivity contribution in [3.8, 4) is 17.4 Å². The Morgan fingerprint density at radius 2 is 2.08 bits per heavy atom. The van der Waals surface area contributed by atoms with Gasteiger partial charge in [-0.2, -0.15) is 0 Å². The van der Waals surface area contributed by atoms with Crippen LogP contribution in [0.5, 0.6) is 17.4 Å². The van der Waals surface area contributed by atoms with Crippen LogP contribution in [0.4, 0.5) is 5.69 Å². The molecule has 2 aromatic rings. The van der Waals surface area contributed by atoms with Crippen LogP contribution in [0, 0.1) is 0 Å². The summed E-state index contributed by atoms with van der Waals surface area (Å²) in [4.78, 5) is 11.8. The topological polar surface area (TPSA) is 85.5 Å². The molecule has 0 amide bonds. The third-order valence-electron chi connectivity index (χ3n) is 3.24. The zero-order valence-corrected chi connectivity index (χ0v) is 16.3. The second kappa shape index (κ2) is 8.75. The van der Waals surface area contributed by atoms with Crippen molar-refractivity contribution in [1.82, 2.24) is 10.2 Å². The number of hydrogen-bond acceptors (Lipinski definition) is 6. The molecule has 0 unspecified atom stereocenters. The highest BCUT2D eigenvalue weighted by atomic mass is 79.9. The Labute approximate surface area is 154 Å². The molecule has 0 saturated carbocycles. The van der Waals surface area contributed by atoms with E-state index < -0.39 is 0 Å². The molecule has 7 nitrogen and oxygen atoms in total. The molecule has 136 valence electrons. The Bertz CT molecular complexity index is 777. The van der Waals surface area contributed by atoms with Crippen molar-refractivity contribution in [3.05, 3.63) is 38.6 Å². The number of rotatable bonds is 8. The molecule has 8 heteroatoms. The number of ether oxygens (including phenoxy) is 3. The highest BCUT2D eigenvalue weighted by molar-refractivity contribution is 9.10. The lowest BCUT2D eigenvalue weighted by Crippen LogP contribution is -2.17. The molecule has 0 aliphatic carbocycles. The second-order valence-electron chi connectivity index (χ2n) is 5.49. The largest absolute Gasteiger partial charge is 0.493 e. The fourth-order valence-corrected chi connectivity index (χ4v) is 2.56. The summed E-state index contributed by atoms with van der Waals surface area (Å²) in [5, 5.41) is 9.57. The van der Waals surface area contributed by atoms with Crippen LogP contribution in [0.15, 0.2) is 27.5 Å². The van der Waals surface area contributed by atoms with Gasteiger partial charge in [0.1, 0.15) is 10.2 Å². The van der Waals surface area contributed by atoms with Gasteiger partial charge in [0, 0.05) is 6.54 Å². The average Bonchev–Trinajstić information content (AvgIpc) is 2.58. The first-order valence-corrected chi connectivity index (χ1v) is 8.74. The van der Waals surface area contributed by atoms with Gasteiger partial charge in [0.15, 0.2) is 11.5 Å². The number of methoxy groups -OCH3 is 1. The van der Waals surface area contributed by atoms with Crippen LogP contribution >= 0.6 is 15.9 Å². The summed E-state index contributed by atoms with van der Waals surface area (Å²) in [6.45, 7) is 6.70. The first kappa shape index (κ1) is 19.1. The number of aromatic amines is 1. The fraction of sp³-hybridized carbons (Fsp3) is 0.412. The first-order chi connectivity index (χ1) is 12.0. The third-order valence-corrected chi connectivity index (χ3v) is 3.99. The number of nitrogens with one attached hydrogen (secondary N) is 2. The molecule has 1 heterocycles. The van der Waals surface area contributed by atoms with Gasteiger partial charge in [0.05, 0.1) is 19.8 Å². The molecule has 0 spiro atoms. The zero-order chi connectivity index (χ0) is 18.4. The molecular weight excluding hydrogens is 390 g/mol. The summed E-state index contributed by atoms with van der Waals surface area (Å²) in [7, 11) is 1.60. The summed E-state index contributed by atoms with van der Waals surface area (Å²) in [6, 6.07) is 5.66. The van der Waals surface area contributed by atoms with Gasteiger partial charge in [-0.25, -0.2) is 5.10 Å². The van der Waals surface area contributed by atoms with E-state index in [1.165, 1.54) is 0 Å². The van der Waals surface area contributed by atoms with Crippen molar-refractivity contribution in [2.45, 2.75) is 33.4 Å². The minimum absolute atomic E-state index is 0.0728. The lowest BCUT2D eigenvalue weighted by Gasteiger charge is -2.16. The number of hydrogen-bond donors (Lipinski definition) is 2. The zero-order valence-electron chi connectivity index (χ0n) is 14.7. The van der Waals surface area contributed by atoms with Gasteiger partial charge in [-0.05, 0) is 54.4 Å². The molecule has 2 N–H and O–H groups in total. The molecule has 25 heavy (non-hydrogen) atoms. The quantitative estimate of drug-likeness (QED) is 0.692. The van der Waals surface area contributed by atoms with Crippen LogP contribution in [0.25, 0.3) is 0 Å². The van der Waals surface area contributed by atoms with Crippen molar-refractivity contribution in [1.29, 1.82) is 0 Å². The summed E-state index contributed by atoms with van der Waals surface area (Å²) in [5.74, 6) is 1.68. The molecule has 0 bridgehead atoms. The second-order valence-corrected chi connectivity index (χ2v) is 6.28. The van der Waals surface area contributed by atoms with Gasteiger partial charge >= 0.3 is 0 Å². The van der Waals surface area contributed by atoms with Crippen molar-refractivity contribution in [3.63, 3.8) is 0 Å². The van der Waals surface area contributed by atoms with E-state index in [1.807, 2.05) is 39.0 Å². The minimum atomic E-state index is -0.330. The molecule has 0 aliphatic rings. The number of H-pyrrole nitrogens is 1. The molecule has 1 aromatic heterocycles. The normalized spacial score (nSPS) is 10.6. The van der Waals surface area contributed by atoms with Crippen molar-refractivity contribution in [2.75, 3.05) is 19.0 Å². The molecule has 1 aromatic carbocycles. The van der Waals surface area contributed by atoms with Gasteiger partial charge < -0.3 is 19.5 Å². The monoisotopic (exact) mass is 411 g/mol. The maximum absolute atomic E-state index is 11.8. The Balaban J connectivity index is 2.25. The van der Waals surface area contributed by atoms with Crippen LogP contribution < -0.4 is 25.1 Å².